The SMILES string of the molecule is CC1(C)c2cc(N(c3ccc(-c4ccccc4)cc3)c3cccc4c3oc3c(-c5ccccc5)cccc34)ccc2-c2c1ccc1c2-c2ccccc2C12c1ccccc1-c1ccccc12. The first-order chi connectivity index (χ1) is 32.5. The minimum atomic E-state index is -0.394. The first kappa shape index (κ1) is 37.2. The third-order valence-electron chi connectivity index (χ3n) is 15.1. The van der Waals surface area contributed by atoms with Crippen LogP contribution in [-0.4, -0.2) is 0 Å². The molecule has 2 nitrogen and oxygen atoms in total. The standard InChI is InChI=1S/C64H43NO/c1-63(2)55-37-38-56-60(50-23-11-14-29-54(50)64(56)52-27-12-9-21-46(52)47-22-10-13-28-53(47)64)59(55)51-36-35-44(39-57(51)63)65(43-33-31-41(32-34-43)40-17-5-3-6-18-40)58-30-16-26-49-48-25-15-24-45(61(48)66-62(49)58)42-19-7-4-8-20-42/h3-39H,1-2H3. The van der Waals surface area contributed by atoms with E-state index in [1.165, 1.54) is 77.9 Å². The van der Waals surface area contributed by atoms with Crippen molar-refractivity contribution in [3.8, 4) is 55.6 Å². The Morgan fingerprint density at radius 3 is 1.53 bits per heavy atom. The van der Waals surface area contributed by atoms with Gasteiger partial charge in [-0.1, -0.05) is 208 Å². The van der Waals surface area contributed by atoms with E-state index in [9.17, 15) is 0 Å². The largest absolute Gasteiger partial charge is 0.453 e. The number of fused-ring (bicyclic) bond motifs is 17. The Labute approximate surface area is 384 Å². The summed E-state index contributed by atoms with van der Waals surface area (Å²) in [5, 5.41) is 2.20. The molecule has 1 spiro atoms. The maximum atomic E-state index is 7.11. The molecule has 0 fully saturated rings. The van der Waals surface area contributed by atoms with Gasteiger partial charge in [0.1, 0.15) is 5.58 Å². The molecule has 1 aromatic heterocycles. The number of nitrogens with zero attached hydrogens (tertiary/aromatic N) is 1. The van der Waals surface area contributed by atoms with Crippen LogP contribution >= 0.6 is 0 Å². The maximum absolute atomic E-state index is 7.11. The van der Waals surface area contributed by atoms with Crippen LogP contribution in [-0.2, 0) is 10.8 Å². The van der Waals surface area contributed by atoms with Crippen molar-refractivity contribution in [1.82, 2.24) is 0 Å². The van der Waals surface area contributed by atoms with Gasteiger partial charge in [-0.2, -0.15) is 0 Å². The van der Waals surface area contributed by atoms with E-state index in [2.05, 4.69) is 243 Å². The first-order valence-electron chi connectivity index (χ1n) is 23.1. The highest BCUT2D eigenvalue weighted by molar-refractivity contribution is 6.14. The fourth-order valence-electron chi connectivity index (χ4n) is 12.2. The molecule has 310 valence electrons. The average molecular weight is 842 g/mol. The number of hydrogen-bond acceptors (Lipinski definition) is 2. The van der Waals surface area contributed by atoms with Crippen LogP contribution in [0, 0.1) is 0 Å². The monoisotopic (exact) mass is 841 g/mol. The van der Waals surface area contributed by atoms with Crippen molar-refractivity contribution < 1.29 is 4.42 Å². The summed E-state index contributed by atoms with van der Waals surface area (Å²) >= 11 is 0. The fraction of sp³-hybridized carbons (Fsp3) is 0.0625. The van der Waals surface area contributed by atoms with Crippen LogP contribution in [0.5, 0.6) is 0 Å². The van der Waals surface area contributed by atoms with E-state index in [1.54, 1.807) is 0 Å². The van der Waals surface area contributed by atoms with Crippen LogP contribution in [0.25, 0.3) is 77.6 Å². The van der Waals surface area contributed by atoms with Crippen LogP contribution in [0.1, 0.15) is 47.2 Å². The van der Waals surface area contributed by atoms with Gasteiger partial charge in [-0.25, -0.2) is 0 Å². The molecule has 0 amide bonds. The van der Waals surface area contributed by atoms with E-state index in [-0.39, 0.29) is 5.41 Å². The fourth-order valence-corrected chi connectivity index (χ4v) is 12.2. The van der Waals surface area contributed by atoms with Crippen molar-refractivity contribution in [2.75, 3.05) is 4.90 Å². The van der Waals surface area contributed by atoms with Crippen LogP contribution < -0.4 is 4.90 Å². The Bertz CT molecular complexity index is 3740. The van der Waals surface area contributed by atoms with Crippen molar-refractivity contribution in [2.45, 2.75) is 24.7 Å². The summed E-state index contributed by atoms with van der Waals surface area (Å²) in [6.07, 6.45) is 0. The summed E-state index contributed by atoms with van der Waals surface area (Å²) in [5.41, 5.74) is 25.0. The second-order valence-corrected chi connectivity index (χ2v) is 18.7. The predicted molar refractivity (Wildman–Crippen MR) is 273 cm³/mol. The van der Waals surface area contributed by atoms with Crippen molar-refractivity contribution in [3.05, 3.63) is 258 Å². The minimum absolute atomic E-state index is 0.273. The molecule has 14 rings (SSSR count). The second-order valence-electron chi connectivity index (χ2n) is 18.7. The van der Waals surface area contributed by atoms with Gasteiger partial charge in [0.25, 0.3) is 0 Å². The lowest BCUT2D eigenvalue weighted by Crippen LogP contribution is -2.26. The van der Waals surface area contributed by atoms with Gasteiger partial charge in [-0.3, -0.25) is 0 Å². The molecule has 11 aromatic rings. The van der Waals surface area contributed by atoms with E-state index in [1.807, 2.05) is 0 Å². The Morgan fingerprint density at radius 1 is 0.333 bits per heavy atom. The summed E-state index contributed by atoms with van der Waals surface area (Å²) in [6, 6.07) is 82.8. The Morgan fingerprint density at radius 2 is 0.833 bits per heavy atom. The molecule has 10 aromatic carbocycles. The molecular formula is C64H43NO. The lowest BCUT2D eigenvalue weighted by atomic mass is 9.70. The molecule has 0 unspecified atom stereocenters. The lowest BCUT2D eigenvalue weighted by Gasteiger charge is -2.31. The Hall–Kier alpha value is -8.20. The highest BCUT2D eigenvalue weighted by Crippen LogP contribution is 2.66. The first-order valence-corrected chi connectivity index (χ1v) is 23.1. The summed E-state index contributed by atoms with van der Waals surface area (Å²) in [6.45, 7) is 4.82. The zero-order valence-electron chi connectivity index (χ0n) is 36.7. The summed E-state index contributed by atoms with van der Waals surface area (Å²) in [4.78, 5) is 2.40. The Balaban J connectivity index is 0.989. The molecule has 0 aliphatic heterocycles. The van der Waals surface area contributed by atoms with Crippen LogP contribution in [0.3, 0.4) is 0 Å². The molecule has 0 atom stereocenters. The van der Waals surface area contributed by atoms with Crippen molar-refractivity contribution in [2.24, 2.45) is 0 Å². The van der Waals surface area contributed by atoms with Gasteiger partial charge in [0.05, 0.1) is 11.1 Å². The molecule has 2 heteroatoms. The molecule has 66 heavy (non-hydrogen) atoms. The molecule has 0 bridgehead atoms. The average Bonchev–Trinajstić information content (AvgIpc) is 4.07. The summed E-state index contributed by atoms with van der Waals surface area (Å²) in [7, 11) is 0. The van der Waals surface area contributed by atoms with E-state index in [4.69, 9.17) is 4.42 Å². The number of anilines is 3. The molecule has 0 N–H and O–H groups in total. The molecule has 1 heterocycles. The van der Waals surface area contributed by atoms with E-state index >= 15 is 0 Å². The van der Waals surface area contributed by atoms with Gasteiger partial charge in [0.15, 0.2) is 5.58 Å². The van der Waals surface area contributed by atoms with Gasteiger partial charge >= 0.3 is 0 Å². The predicted octanol–water partition coefficient (Wildman–Crippen LogP) is 17.0. The van der Waals surface area contributed by atoms with Crippen LogP contribution in [0.4, 0.5) is 17.1 Å². The Kier molecular flexibility index (Phi) is 7.70. The highest BCUT2D eigenvalue weighted by atomic mass is 16.3. The van der Waals surface area contributed by atoms with Gasteiger partial charge in [-0.15, -0.1) is 0 Å². The number of rotatable bonds is 5. The number of para-hydroxylation sites is 2. The number of hydrogen-bond donors (Lipinski definition) is 0. The van der Waals surface area contributed by atoms with Crippen molar-refractivity contribution in [3.63, 3.8) is 0 Å². The number of benzene rings is 10. The van der Waals surface area contributed by atoms with Gasteiger partial charge in [0.2, 0.25) is 0 Å². The molecular weight excluding hydrogens is 799 g/mol. The highest BCUT2D eigenvalue weighted by Gasteiger charge is 2.53. The molecule has 0 radical (unpaired) electrons. The topological polar surface area (TPSA) is 16.4 Å². The van der Waals surface area contributed by atoms with Crippen LogP contribution in [0.2, 0.25) is 0 Å². The number of furan rings is 1. The van der Waals surface area contributed by atoms with E-state index in [0.29, 0.717) is 0 Å². The van der Waals surface area contributed by atoms with Crippen LogP contribution in [0.15, 0.2) is 229 Å². The lowest BCUT2D eigenvalue weighted by molar-refractivity contribution is 0.659. The van der Waals surface area contributed by atoms with Gasteiger partial charge in [-0.05, 0) is 114 Å². The molecule has 0 saturated heterocycles. The van der Waals surface area contributed by atoms with E-state index < -0.39 is 5.41 Å². The maximum Gasteiger partial charge on any atom is 0.159 e. The van der Waals surface area contributed by atoms with Crippen molar-refractivity contribution in [1.29, 1.82) is 0 Å². The van der Waals surface area contributed by atoms with Gasteiger partial charge in [0, 0.05) is 33.1 Å². The van der Waals surface area contributed by atoms with Gasteiger partial charge < -0.3 is 9.32 Å². The third-order valence-corrected chi connectivity index (χ3v) is 15.1. The normalized spacial score (nSPS) is 14.2. The quantitative estimate of drug-likeness (QED) is 0.172. The zero-order chi connectivity index (χ0) is 43.7. The zero-order valence-corrected chi connectivity index (χ0v) is 36.7. The molecule has 3 aliphatic rings. The minimum Gasteiger partial charge on any atom is -0.453 e. The molecule has 3 aliphatic carbocycles. The third kappa shape index (κ3) is 4.91. The molecule has 0 saturated carbocycles. The second kappa shape index (κ2) is 13.7. The van der Waals surface area contributed by atoms with Crippen molar-refractivity contribution >= 4 is 39.0 Å². The van der Waals surface area contributed by atoms with E-state index in [0.717, 1.165) is 50.1 Å². The smallest absolute Gasteiger partial charge is 0.159 e. The summed E-state index contributed by atoms with van der Waals surface area (Å²) in [5.74, 6) is 0. The summed E-state index contributed by atoms with van der Waals surface area (Å²) < 4.78 is 7.11.